The van der Waals surface area contributed by atoms with Gasteiger partial charge in [0.2, 0.25) is 0 Å². The highest BCUT2D eigenvalue weighted by atomic mass is 16.5. The Morgan fingerprint density at radius 2 is 1.58 bits per heavy atom. The van der Waals surface area contributed by atoms with Crippen LogP contribution < -0.4 is 4.74 Å². The molecule has 0 spiro atoms. The molecule has 0 aliphatic heterocycles. The minimum absolute atomic E-state index is 0.279. The second kappa shape index (κ2) is 9.45. The Hall–Kier alpha value is -1.84. The molecular weight excluding hydrogens is 300 g/mol. The van der Waals surface area contributed by atoms with Crippen LogP contribution in [-0.4, -0.2) is 30.0 Å². The summed E-state index contributed by atoms with van der Waals surface area (Å²) in [7, 11) is 0. The van der Waals surface area contributed by atoms with Gasteiger partial charge in [0.15, 0.2) is 0 Å². The molecule has 0 radical (unpaired) electrons. The highest BCUT2D eigenvalue weighted by Crippen LogP contribution is 2.19. The van der Waals surface area contributed by atoms with E-state index in [1.165, 1.54) is 5.56 Å². The Kier molecular flexibility index (Phi) is 7.29. The van der Waals surface area contributed by atoms with Crippen molar-refractivity contribution < 1.29 is 14.6 Å². The molecule has 130 valence electrons. The molecule has 0 saturated heterocycles. The fraction of sp³-hybridized carbons (Fsp3) is 0.429. The zero-order valence-electron chi connectivity index (χ0n) is 14.7. The lowest BCUT2D eigenvalue weighted by Crippen LogP contribution is -2.33. The molecule has 3 nitrogen and oxygen atoms in total. The third-order valence-corrected chi connectivity index (χ3v) is 3.86. The van der Waals surface area contributed by atoms with Crippen LogP contribution in [0.1, 0.15) is 32.3 Å². The minimum atomic E-state index is -0.547. The molecule has 24 heavy (non-hydrogen) atoms. The molecule has 1 N–H and O–H groups in total. The zero-order chi connectivity index (χ0) is 17.3. The Balaban J connectivity index is 1.64. The SMILES string of the molecule is CC(C)(CC(O)COc1ccccc1)OCCCc1ccccc1. The van der Waals surface area contributed by atoms with Crippen LogP contribution in [0.15, 0.2) is 60.7 Å². The van der Waals surface area contributed by atoms with Gasteiger partial charge in [-0.05, 0) is 44.4 Å². The largest absolute Gasteiger partial charge is 0.491 e. The maximum absolute atomic E-state index is 10.2. The first-order valence-corrected chi connectivity index (χ1v) is 8.59. The molecular formula is C21H28O3. The van der Waals surface area contributed by atoms with Crippen LogP contribution in [0.25, 0.3) is 0 Å². The van der Waals surface area contributed by atoms with Gasteiger partial charge in [0, 0.05) is 13.0 Å². The van der Waals surface area contributed by atoms with E-state index in [9.17, 15) is 5.11 Å². The first-order chi connectivity index (χ1) is 11.6. The van der Waals surface area contributed by atoms with Crippen LogP contribution in [0.3, 0.4) is 0 Å². The molecule has 3 heteroatoms. The van der Waals surface area contributed by atoms with E-state index >= 15 is 0 Å². The fourth-order valence-corrected chi connectivity index (χ4v) is 2.66. The van der Waals surface area contributed by atoms with Crippen molar-refractivity contribution in [3.8, 4) is 5.75 Å². The second-order valence-electron chi connectivity index (χ2n) is 6.68. The third-order valence-electron chi connectivity index (χ3n) is 3.86. The molecule has 0 aliphatic rings. The standard InChI is InChI=1S/C21H28O3/c1-21(2,24-15-9-12-18-10-5-3-6-11-18)16-19(22)17-23-20-13-7-4-8-14-20/h3-8,10-11,13-14,19,22H,9,12,15-17H2,1-2H3. The van der Waals surface area contributed by atoms with Gasteiger partial charge in [-0.25, -0.2) is 0 Å². The molecule has 0 fully saturated rings. The van der Waals surface area contributed by atoms with E-state index in [1.54, 1.807) is 0 Å². The summed E-state index contributed by atoms with van der Waals surface area (Å²) in [5.74, 6) is 0.776. The van der Waals surface area contributed by atoms with Crippen LogP contribution in [-0.2, 0) is 11.2 Å². The molecule has 0 heterocycles. The summed E-state index contributed by atoms with van der Waals surface area (Å²) in [5.41, 5.74) is 0.964. The lowest BCUT2D eigenvalue weighted by atomic mass is 10.0. The summed E-state index contributed by atoms with van der Waals surface area (Å²) < 4.78 is 11.5. The molecule has 0 bridgehead atoms. The Morgan fingerprint density at radius 1 is 0.958 bits per heavy atom. The molecule has 2 rings (SSSR count). The van der Waals surface area contributed by atoms with Crippen molar-refractivity contribution in [2.45, 2.75) is 44.8 Å². The average Bonchev–Trinajstić information content (AvgIpc) is 2.58. The fourth-order valence-electron chi connectivity index (χ4n) is 2.66. The van der Waals surface area contributed by atoms with E-state index in [0.29, 0.717) is 13.0 Å². The van der Waals surface area contributed by atoms with Gasteiger partial charge >= 0.3 is 0 Å². The lowest BCUT2D eigenvalue weighted by molar-refractivity contribution is -0.0565. The maximum Gasteiger partial charge on any atom is 0.119 e. The van der Waals surface area contributed by atoms with E-state index in [-0.39, 0.29) is 12.2 Å². The number of aliphatic hydroxyl groups is 1. The summed E-state index contributed by atoms with van der Waals surface area (Å²) in [6.45, 7) is 5.00. The number of hydrogen-bond donors (Lipinski definition) is 1. The first-order valence-electron chi connectivity index (χ1n) is 8.59. The molecule has 0 aromatic heterocycles. The van der Waals surface area contributed by atoms with Crippen LogP contribution >= 0.6 is 0 Å². The lowest BCUT2D eigenvalue weighted by Gasteiger charge is -2.28. The van der Waals surface area contributed by atoms with Crippen LogP contribution in [0.5, 0.6) is 5.75 Å². The predicted octanol–water partition coefficient (Wildman–Crippen LogP) is 4.24. The van der Waals surface area contributed by atoms with E-state index in [2.05, 4.69) is 24.3 Å². The normalized spacial score (nSPS) is 12.8. The summed E-state index contributed by atoms with van der Waals surface area (Å²) in [6.07, 6.45) is 1.99. The molecule has 0 amide bonds. The molecule has 1 atom stereocenters. The molecule has 2 aromatic carbocycles. The van der Waals surface area contributed by atoms with Gasteiger partial charge in [-0.1, -0.05) is 48.5 Å². The summed E-state index contributed by atoms with van der Waals surface area (Å²) in [6, 6.07) is 20.0. The van der Waals surface area contributed by atoms with Crippen molar-refractivity contribution in [2.75, 3.05) is 13.2 Å². The molecule has 0 saturated carbocycles. The smallest absolute Gasteiger partial charge is 0.119 e. The number of aryl methyl sites for hydroxylation is 1. The number of aliphatic hydroxyl groups excluding tert-OH is 1. The average molecular weight is 328 g/mol. The van der Waals surface area contributed by atoms with Crippen LogP contribution in [0.2, 0.25) is 0 Å². The number of rotatable bonds is 10. The maximum atomic E-state index is 10.2. The van der Waals surface area contributed by atoms with Crippen LogP contribution in [0.4, 0.5) is 0 Å². The van der Waals surface area contributed by atoms with Crippen molar-refractivity contribution in [3.05, 3.63) is 66.2 Å². The van der Waals surface area contributed by atoms with Gasteiger partial charge in [0.25, 0.3) is 0 Å². The Bertz CT molecular complexity index is 566. The Morgan fingerprint density at radius 3 is 2.25 bits per heavy atom. The van der Waals surface area contributed by atoms with Crippen molar-refractivity contribution in [1.29, 1.82) is 0 Å². The number of hydrogen-bond acceptors (Lipinski definition) is 3. The number of ether oxygens (including phenoxy) is 2. The van der Waals surface area contributed by atoms with Gasteiger partial charge in [-0.3, -0.25) is 0 Å². The monoisotopic (exact) mass is 328 g/mol. The molecule has 0 aliphatic carbocycles. The minimum Gasteiger partial charge on any atom is -0.491 e. The van der Waals surface area contributed by atoms with Gasteiger partial charge in [-0.2, -0.15) is 0 Å². The third kappa shape index (κ3) is 7.16. The van der Waals surface area contributed by atoms with Gasteiger partial charge in [-0.15, -0.1) is 0 Å². The highest BCUT2D eigenvalue weighted by Gasteiger charge is 2.23. The van der Waals surface area contributed by atoms with E-state index in [1.807, 2.05) is 50.2 Å². The summed E-state index contributed by atoms with van der Waals surface area (Å²) in [4.78, 5) is 0. The topological polar surface area (TPSA) is 38.7 Å². The highest BCUT2D eigenvalue weighted by molar-refractivity contribution is 5.20. The zero-order valence-corrected chi connectivity index (χ0v) is 14.7. The van der Waals surface area contributed by atoms with Crippen molar-refractivity contribution in [1.82, 2.24) is 0 Å². The van der Waals surface area contributed by atoms with E-state index < -0.39 is 6.10 Å². The van der Waals surface area contributed by atoms with Crippen molar-refractivity contribution in [3.63, 3.8) is 0 Å². The van der Waals surface area contributed by atoms with Crippen LogP contribution in [0, 0.1) is 0 Å². The summed E-state index contributed by atoms with van der Waals surface area (Å²) >= 11 is 0. The molecule has 1 unspecified atom stereocenters. The predicted molar refractivity (Wildman–Crippen MR) is 97.4 cm³/mol. The summed E-state index contributed by atoms with van der Waals surface area (Å²) in [5, 5.41) is 10.2. The number of para-hydroxylation sites is 1. The van der Waals surface area contributed by atoms with Gasteiger partial charge in [0.05, 0.1) is 11.7 Å². The second-order valence-corrected chi connectivity index (χ2v) is 6.68. The van der Waals surface area contributed by atoms with Crippen molar-refractivity contribution in [2.24, 2.45) is 0 Å². The quantitative estimate of drug-likeness (QED) is 0.663. The van der Waals surface area contributed by atoms with Crippen molar-refractivity contribution >= 4 is 0 Å². The Labute approximate surface area is 145 Å². The first kappa shape index (κ1) is 18.5. The van der Waals surface area contributed by atoms with Gasteiger partial charge < -0.3 is 14.6 Å². The number of benzene rings is 2. The molecule has 2 aromatic rings. The van der Waals surface area contributed by atoms with E-state index in [4.69, 9.17) is 9.47 Å². The van der Waals surface area contributed by atoms with E-state index in [0.717, 1.165) is 18.6 Å². The van der Waals surface area contributed by atoms with Gasteiger partial charge in [0.1, 0.15) is 12.4 Å².